The van der Waals surface area contributed by atoms with Crippen LogP contribution >= 0.6 is 0 Å². The van der Waals surface area contributed by atoms with Gasteiger partial charge in [0.2, 0.25) is 0 Å². The fourth-order valence-electron chi connectivity index (χ4n) is 0.685. The Hall–Kier alpha value is -1.25. The Morgan fingerprint density at radius 2 is 2.20 bits per heavy atom. The van der Waals surface area contributed by atoms with Gasteiger partial charge in [-0.2, -0.15) is 0 Å². The molecule has 0 saturated heterocycles. The molecule has 10 heavy (non-hydrogen) atoms. The molecule has 0 saturated carbocycles. The van der Waals surface area contributed by atoms with Crippen LogP contribution in [0.15, 0.2) is 18.2 Å². The van der Waals surface area contributed by atoms with Gasteiger partial charge in [0.15, 0.2) is 0 Å². The number of anilines is 1. The van der Waals surface area contributed by atoms with E-state index in [1.165, 1.54) is 25.3 Å². The molecule has 0 aliphatic carbocycles. The highest BCUT2D eigenvalue weighted by molar-refractivity contribution is 5.51. The van der Waals surface area contributed by atoms with Crippen molar-refractivity contribution in [1.29, 1.82) is 0 Å². The monoisotopic (exact) mass is 141 g/mol. The minimum absolute atomic E-state index is 0.342. The molecule has 54 valence electrons. The lowest BCUT2D eigenvalue weighted by Crippen LogP contribution is -1.92. The maximum atomic E-state index is 12.4. The summed E-state index contributed by atoms with van der Waals surface area (Å²) in [6.07, 6.45) is 0. The number of halogens is 1. The van der Waals surface area contributed by atoms with Crippen LogP contribution in [0.5, 0.6) is 5.75 Å². The third-order valence-electron chi connectivity index (χ3n) is 1.20. The summed E-state index contributed by atoms with van der Waals surface area (Å²) in [4.78, 5) is 0. The average molecular weight is 141 g/mol. The predicted molar refractivity (Wildman–Crippen MR) is 37.4 cm³/mol. The van der Waals surface area contributed by atoms with Crippen molar-refractivity contribution in [3.05, 3.63) is 24.0 Å². The van der Waals surface area contributed by atoms with E-state index < -0.39 is 0 Å². The Kier molecular flexibility index (Phi) is 1.76. The summed E-state index contributed by atoms with van der Waals surface area (Å²) in [7, 11) is 1.45. The van der Waals surface area contributed by atoms with E-state index in [1.54, 1.807) is 0 Å². The zero-order valence-electron chi connectivity index (χ0n) is 5.60. The molecule has 0 fully saturated rings. The van der Waals surface area contributed by atoms with Crippen LogP contribution in [-0.2, 0) is 0 Å². The van der Waals surface area contributed by atoms with Gasteiger partial charge in [-0.15, -0.1) is 0 Å². The van der Waals surface area contributed by atoms with E-state index in [9.17, 15) is 4.39 Å². The van der Waals surface area contributed by atoms with Gasteiger partial charge in [-0.25, -0.2) is 4.39 Å². The molecule has 1 rings (SSSR count). The molecule has 0 heterocycles. The van der Waals surface area contributed by atoms with E-state index in [0.29, 0.717) is 11.4 Å². The lowest BCUT2D eigenvalue weighted by molar-refractivity contribution is 0.413. The highest BCUT2D eigenvalue weighted by atomic mass is 19.1. The fraction of sp³-hybridized carbons (Fsp3) is 0.143. The zero-order valence-corrected chi connectivity index (χ0v) is 5.60. The number of rotatable bonds is 1. The van der Waals surface area contributed by atoms with Gasteiger partial charge < -0.3 is 10.5 Å². The molecule has 0 atom stereocenters. The lowest BCUT2D eigenvalue weighted by Gasteiger charge is -2.01. The number of hydrogen-bond donors (Lipinski definition) is 1. The van der Waals surface area contributed by atoms with Crippen molar-refractivity contribution in [2.45, 2.75) is 0 Å². The standard InChI is InChI=1S/C7H8FNO/c1-10-7-4-5(8)2-3-6(7)9/h2-4H,9H2,1H3. The Balaban J connectivity index is 3.09. The Morgan fingerprint density at radius 1 is 1.50 bits per heavy atom. The first-order chi connectivity index (χ1) is 4.74. The van der Waals surface area contributed by atoms with E-state index in [2.05, 4.69) is 0 Å². The van der Waals surface area contributed by atoms with E-state index in [0.717, 1.165) is 0 Å². The summed E-state index contributed by atoms with van der Waals surface area (Å²) in [6.45, 7) is 0. The van der Waals surface area contributed by atoms with Gasteiger partial charge in [0.1, 0.15) is 11.6 Å². The normalized spacial score (nSPS) is 9.40. The molecule has 1 aromatic carbocycles. The maximum absolute atomic E-state index is 12.4. The topological polar surface area (TPSA) is 35.2 Å². The van der Waals surface area contributed by atoms with Crippen LogP contribution in [0.3, 0.4) is 0 Å². The van der Waals surface area contributed by atoms with Crippen molar-refractivity contribution in [3.8, 4) is 5.75 Å². The molecular formula is C7H8FNO. The number of benzene rings is 1. The molecule has 0 aliphatic rings. The molecular weight excluding hydrogens is 133 g/mol. The number of hydrogen-bond acceptors (Lipinski definition) is 2. The first kappa shape index (κ1) is 6.86. The van der Waals surface area contributed by atoms with Crippen molar-refractivity contribution < 1.29 is 9.13 Å². The smallest absolute Gasteiger partial charge is 0.144 e. The predicted octanol–water partition coefficient (Wildman–Crippen LogP) is 1.42. The highest BCUT2D eigenvalue weighted by Gasteiger charge is 1.98. The zero-order chi connectivity index (χ0) is 7.56. The number of methoxy groups -OCH3 is 1. The maximum Gasteiger partial charge on any atom is 0.144 e. The van der Waals surface area contributed by atoms with Crippen LogP contribution in [0.2, 0.25) is 0 Å². The fourth-order valence-corrected chi connectivity index (χ4v) is 0.685. The molecule has 0 unspecified atom stereocenters. The van der Waals surface area contributed by atoms with E-state index in [1.807, 2.05) is 0 Å². The first-order valence-corrected chi connectivity index (χ1v) is 2.83. The molecule has 0 bridgehead atoms. The number of ether oxygens (including phenoxy) is 1. The van der Waals surface area contributed by atoms with Crippen LogP contribution < -0.4 is 10.5 Å². The minimum Gasteiger partial charge on any atom is -0.494 e. The van der Waals surface area contributed by atoms with Crippen molar-refractivity contribution in [3.63, 3.8) is 0 Å². The van der Waals surface area contributed by atoms with E-state index >= 15 is 0 Å². The second-order valence-corrected chi connectivity index (χ2v) is 1.89. The summed E-state index contributed by atoms with van der Waals surface area (Å²) in [6, 6.07) is 4.00. The van der Waals surface area contributed by atoms with Crippen LogP contribution in [-0.4, -0.2) is 7.11 Å². The molecule has 0 aliphatic heterocycles. The largest absolute Gasteiger partial charge is 0.494 e. The lowest BCUT2D eigenvalue weighted by atomic mass is 10.3. The van der Waals surface area contributed by atoms with Crippen LogP contribution in [0.25, 0.3) is 0 Å². The highest BCUT2D eigenvalue weighted by Crippen LogP contribution is 2.20. The van der Waals surface area contributed by atoms with E-state index in [4.69, 9.17) is 10.5 Å². The first-order valence-electron chi connectivity index (χ1n) is 2.83. The molecule has 3 heteroatoms. The van der Waals surface area contributed by atoms with Crippen LogP contribution in [0, 0.1) is 5.82 Å². The van der Waals surface area contributed by atoms with Gasteiger partial charge in [-0.3, -0.25) is 0 Å². The van der Waals surface area contributed by atoms with Crippen LogP contribution in [0.1, 0.15) is 0 Å². The van der Waals surface area contributed by atoms with Crippen molar-refractivity contribution in [1.82, 2.24) is 0 Å². The van der Waals surface area contributed by atoms with Crippen molar-refractivity contribution in [2.75, 3.05) is 12.8 Å². The second-order valence-electron chi connectivity index (χ2n) is 1.89. The van der Waals surface area contributed by atoms with Crippen LogP contribution in [0.4, 0.5) is 10.1 Å². The van der Waals surface area contributed by atoms with Crippen molar-refractivity contribution >= 4 is 5.69 Å². The quantitative estimate of drug-likeness (QED) is 0.600. The van der Waals surface area contributed by atoms with Crippen molar-refractivity contribution in [2.24, 2.45) is 0 Å². The second kappa shape index (κ2) is 2.56. The van der Waals surface area contributed by atoms with Gasteiger partial charge in [-0.1, -0.05) is 0 Å². The van der Waals surface area contributed by atoms with Gasteiger partial charge in [-0.05, 0) is 12.1 Å². The summed E-state index contributed by atoms with van der Waals surface area (Å²) in [5.41, 5.74) is 5.86. The third kappa shape index (κ3) is 1.18. The van der Waals surface area contributed by atoms with Gasteiger partial charge in [0.25, 0.3) is 0 Å². The van der Waals surface area contributed by atoms with E-state index in [-0.39, 0.29) is 5.82 Å². The molecule has 0 radical (unpaired) electrons. The summed E-state index contributed by atoms with van der Waals surface area (Å²) in [5.74, 6) is 0.0334. The molecule has 2 nitrogen and oxygen atoms in total. The molecule has 1 aromatic rings. The average Bonchev–Trinajstić information content (AvgIpc) is 1.94. The Morgan fingerprint density at radius 3 is 2.70 bits per heavy atom. The molecule has 0 aromatic heterocycles. The Labute approximate surface area is 58.4 Å². The van der Waals surface area contributed by atoms with Gasteiger partial charge in [0.05, 0.1) is 12.8 Å². The molecule has 0 amide bonds. The Bertz CT molecular complexity index is 237. The minimum atomic E-state index is -0.342. The number of nitrogens with two attached hydrogens (primary N) is 1. The van der Waals surface area contributed by atoms with Gasteiger partial charge in [0, 0.05) is 6.07 Å². The number of nitrogen functional groups attached to an aromatic ring is 1. The molecule has 0 spiro atoms. The summed E-state index contributed by atoms with van der Waals surface area (Å²) in [5, 5.41) is 0. The third-order valence-corrected chi connectivity index (χ3v) is 1.20. The SMILES string of the molecule is COc1cc(F)ccc1N. The summed E-state index contributed by atoms with van der Waals surface area (Å²) < 4.78 is 17.2. The molecule has 2 N–H and O–H groups in total. The van der Waals surface area contributed by atoms with Gasteiger partial charge >= 0.3 is 0 Å². The summed E-state index contributed by atoms with van der Waals surface area (Å²) >= 11 is 0.